The van der Waals surface area contributed by atoms with E-state index in [1.807, 2.05) is 0 Å². The molecule has 0 aliphatic heterocycles. The van der Waals surface area contributed by atoms with Crippen LogP contribution in [0.5, 0.6) is 0 Å². The average Bonchev–Trinajstić information content (AvgIpc) is 2.56. The van der Waals surface area contributed by atoms with Crippen molar-refractivity contribution in [1.82, 2.24) is 0 Å². The van der Waals surface area contributed by atoms with Crippen LogP contribution in [0.2, 0.25) is 0 Å². The van der Waals surface area contributed by atoms with Crippen molar-refractivity contribution in [3.63, 3.8) is 0 Å². The molecule has 0 heteroatoms. The lowest BCUT2D eigenvalue weighted by Gasteiger charge is -2.04. The second-order valence-electron chi connectivity index (χ2n) is 7.91. The highest BCUT2D eigenvalue weighted by Gasteiger charge is 1.95. The van der Waals surface area contributed by atoms with Crippen LogP contribution in [0.1, 0.15) is 130 Å². The number of hydrogen-bond acceptors (Lipinski definition) is 0. The van der Waals surface area contributed by atoms with E-state index < -0.39 is 0 Å². The molecule has 0 bridgehead atoms. The molecular weight excluding hydrogens is 288 g/mol. The summed E-state index contributed by atoms with van der Waals surface area (Å²) >= 11 is 0. The van der Waals surface area contributed by atoms with Crippen molar-refractivity contribution in [2.75, 3.05) is 0 Å². The summed E-state index contributed by atoms with van der Waals surface area (Å²) in [5.74, 6) is 0. The van der Waals surface area contributed by atoms with Gasteiger partial charge in [-0.05, 0) is 33.1 Å². The molecule has 0 aliphatic carbocycles. The van der Waals surface area contributed by atoms with Gasteiger partial charge in [0.1, 0.15) is 0 Å². The fourth-order valence-electron chi connectivity index (χ4n) is 3.23. The number of unbranched alkanes of at least 4 members (excludes halogenated alkanes) is 14. The van der Waals surface area contributed by atoms with Gasteiger partial charge in [-0.3, -0.25) is 0 Å². The van der Waals surface area contributed by atoms with Crippen LogP contribution in [0.4, 0.5) is 0 Å². The number of rotatable bonds is 18. The second-order valence-corrected chi connectivity index (χ2v) is 7.91. The molecule has 0 nitrogen and oxygen atoms in total. The van der Waals surface area contributed by atoms with Gasteiger partial charge in [0.05, 0.1) is 0 Å². The fraction of sp³-hybridized carbons (Fsp3) is 0.833. The van der Waals surface area contributed by atoms with Crippen LogP contribution in [0.3, 0.4) is 0 Å². The summed E-state index contributed by atoms with van der Waals surface area (Å²) in [6.07, 6.45) is 26.4. The molecule has 0 atom stereocenters. The summed E-state index contributed by atoms with van der Waals surface area (Å²) in [7, 11) is 0. The van der Waals surface area contributed by atoms with Gasteiger partial charge in [0.15, 0.2) is 0 Å². The van der Waals surface area contributed by atoms with Gasteiger partial charge in [-0.15, -0.1) is 0 Å². The lowest BCUT2D eigenvalue weighted by Crippen LogP contribution is -1.84. The fourth-order valence-corrected chi connectivity index (χ4v) is 3.23. The van der Waals surface area contributed by atoms with Gasteiger partial charge < -0.3 is 0 Å². The molecule has 0 aromatic rings. The van der Waals surface area contributed by atoms with Crippen LogP contribution in [0.25, 0.3) is 0 Å². The number of allylic oxidation sites excluding steroid dienone is 3. The minimum Gasteiger partial charge on any atom is -0.0998 e. The Balaban J connectivity index is 3.15. The molecule has 24 heavy (non-hydrogen) atoms. The molecule has 0 aliphatic rings. The lowest BCUT2D eigenvalue weighted by molar-refractivity contribution is 0.532. The molecule has 0 amide bonds. The van der Waals surface area contributed by atoms with E-state index in [0.717, 1.165) is 6.42 Å². The van der Waals surface area contributed by atoms with E-state index in [1.165, 1.54) is 108 Å². The van der Waals surface area contributed by atoms with E-state index in [9.17, 15) is 0 Å². The molecule has 0 aromatic carbocycles. The van der Waals surface area contributed by atoms with Crippen LogP contribution in [-0.2, 0) is 0 Å². The van der Waals surface area contributed by atoms with Crippen molar-refractivity contribution in [2.24, 2.45) is 0 Å². The first-order valence-corrected chi connectivity index (χ1v) is 11.0. The standard InChI is InChI=1S/C24H46/c1-5-6-7-8-9-10-11-12-13-14-15-16-17-18-19-20-24(4)22-21-23(2)3/h22H,2,5-21H2,1,3-4H3. The van der Waals surface area contributed by atoms with E-state index in [2.05, 4.69) is 33.4 Å². The van der Waals surface area contributed by atoms with E-state index in [1.54, 1.807) is 5.57 Å². The van der Waals surface area contributed by atoms with E-state index in [4.69, 9.17) is 0 Å². The van der Waals surface area contributed by atoms with Crippen LogP contribution < -0.4 is 0 Å². The summed E-state index contributed by atoms with van der Waals surface area (Å²) < 4.78 is 0. The van der Waals surface area contributed by atoms with Crippen molar-refractivity contribution in [2.45, 2.75) is 130 Å². The first-order valence-electron chi connectivity index (χ1n) is 11.0. The molecule has 0 unspecified atom stereocenters. The molecule has 0 radical (unpaired) electrons. The highest BCUT2D eigenvalue weighted by molar-refractivity contribution is 5.05. The Bertz CT molecular complexity index is 297. The monoisotopic (exact) mass is 334 g/mol. The van der Waals surface area contributed by atoms with E-state index in [-0.39, 0.29) is 0 Å². The number of hydrogen-bond donors (Lipinski definition) is 0. The molecule has 0 fully saturated rings. The van der Waals surface area contributed by atoms with Gasteiger partial charge in [-0.25, -0.2) is 0 Å². The van der Waals surface area contributed by atoms with Crippen LogP contribution >= 0.6 is 0 Å². The zero-order valence-electron chi connectivity index (χ0n) is 17.3. The van der Waals surface area contributed by atoms with Crippen molar-refractivity contribution < 1.29 is 0 Å². The van der Waals surface area contributed by atoms with Crippen molar-refractivity contribution in [3.05, 3.63) is 23.8 Å². The maximum atomic E-state index is 3.96. The van der Waals surface area contributed by atoms with E-state index >= 15 is 0 Å². The quantitative estimate of drug-likeness (QED) is 0.173. The molecule has 0 aromatic heterocycles. The normalized spacial score (nSPS) is 11.9. The van der Waals surface area contributed by atoms with Gasteiger partial charge in [0, 0.05) is 0 Å². The Kier molecular flexibility index (Phi) is 18.4. The summed E-state index contributed by atoms with van der Waals surface area (Å²) in [4.78, 5) is 0. The van der Waals surface area contributed by atoms with Gasteiger partial charge in [0.2, 0.25) is 0 Å². The Morgan fingerprint density at radius 2 is 1.00 bits per heavy atom. The smallest absolute Gasteiger partial charge is 0.0142 e. The van der Waals surface area contributed by atoms with Crippen LogP contribution in [0.15, 0.2) is 23.8 Å². The topological polar surface area (TPSA) is 0 Å². The Labute approximate surface area is 154 Å². The Hall–Kier alpha value is -0.520. The predicted octanol–water partition coefficient (Wildman–Crippen LogP) is 9.16. The average molecular weight is 335 g/mol. The largest absolute Gasteiger partial charge is 0.0998 e. The summed E-state index contributed by atoms with van der Waals surface area (Å²) in [6.45, 7) is 10.6. The van der Waals surface area contributed by atoms with Gasteiger partial charge >= 0.3 is 0 Å². The maximum Gasteiger partial charge on any atom is -0.0142 e. The first-order chi connectivity index (χ1) is 11.7. The molecule has 142 valence electrons. The highest BCUT2D eigenvalue weighted by atomic mass is 14.0. The molecule has 0 saturated carbocycles. The third-order valence-electron chi connectivity index (χ3n) is 4.97. The van der Waals surface area contributed by atoms with Crippen LogP contribution in [0, 0.1) is 0 Å². The molecule has 0 heterocycles. The summed E-state index contributed by atoms with van der Waals surface area (Å²) in [5, 5.41) is 0. The van der Waals surface area contributed by atoms with Gasteiger partial charge in [-0.2, -0.15) is 0 Å². The Morgan fingerprint density at radius 3 is 1.38 bits per heavy atom. The van der Waals surface area contributed by atoms with Gasteiger partial charge in [0.25, 0.3) is 0 Å². The SMILES string of the molecule is C=C(C)CC=C(C)CCCCCCCCCCCCCCCCC. The molecule has 0 spiro atoms. The van der Waals surface area contributed by atoms with Gasteiger partial charge in [-0.1, -0.05) is 121 Å². The van der Waals surface area contributed by atoms with E-state index in [0.29, 0.717) is 0 Å². The summed E-state index contributed by atoms with van der Waals surface area (Å²) in [5.41, 5.74) is 2.82. The third kappa shape index (κ3) is 19.5. The zero-order valence-corrected chi connectivity index (χ0v) is 17.3. The minimum absolute atomic E-state index is 1.06. The summed E-state index contributed by atoms with van der Waals surface area (Å²) in [6, 6.07) is 0. The maximum absolute atomic E-state index is 3.96. The third-order valence-corrected chi connectivity index (χ3v) is 4.97. The minimum atomic E-state index is 1.06. The molecular formula is C24H46. The first kappa shape index (κ1) is 23.5. The highest BCUT2D eigenvalue weighted by Crippen LogP contribution is 2.15. The lowest BCUT2D eigenvalue weighted by atomic mass is 10.0. The van der Waals surface area contributed by atoms with Crippen molar-refractivity contribution >= 4 is 0 Å². The van der Waals surface area contributed by atoms with Crippen LogP contribution in [-0.4, -0.2) is 0 Å². The second kappa shape index (κ2) is 18.8. The van der Waals surface area contributed by atoms with Crippen molar-refractivity contribution in [3.8, 4) is 0 Å². The molecule has 0 saturated heterocycles. The molecule has 0 rings (SSSR count). The van der Waals surface area contributed by atoms with Crippen molar-refractivity contribution in [1.29, 1.82) is 0 Å². The Morgan fingerprint density at radius 1 is 0.625 bits per heavy atom. The molecule has 0 N–H and O–H groups in total. The zero-order chi connectivity index (χ0) is 17.9. The predicted molar refractivity (Wildman–Crippen MR) is 113 cm³/mol.